The zero-order valence-corrected chi connectivity index (χ0v) is 8.26. The molecule has 2 N–H and O–H groups in total. The van der Waals surface area contributed by atoms with E-state index in [2.05, 4.69) is 10.3 Å². The van der Waals surface area contributed by atoms with Crippen LogP contribution in [0, 0.1) is 10.8 Å². The number of anilines is 1. The fourth-order valence-corrected chi connectivity index (χ4v) is 0.769. The number of hydrogen-bond acceptors (Lipinski definition) is 2. The Morgan fingerprint density at radius 3 is 2.62 bits per heavy atom. The lowest BCUT2D eigenvalue weighted by Crippen LogP contribution is -2.26. The number of aromatic nitrogens is 1. The van der Waals surface area contributed by atoms with Crippen LogP contribution in [-0.4, -0.2) is 10.8 Å². The molecular weight excluding hydrogens is 162 g/mol. The van der Waals surface area contributed by atoms with Gasteiger partial charge in [-0.1, -0.05) is 20.8 Å². The van der Waals surface area contributed by atoms with Crippen molar-refractivity contribution in [3.8, 4) is 0 Å². The Labute approximate surface area is 78.7 Å². The van der Waals surface area contributed by atoms with Crippen LogP contribution in [0.25, 0.3) is 0 Å². The Morgan fingerprint density at radius 1 is 1.46 bits per heavy atom. The van der Waals surface area contributed by atoms with E-state index in [-0.39, 0.29) is 5.41 Å². The third kappa shape index (κ3) is 2.86. The molecule has 13 heavy (non-hydrogen) atoms. The number of amidine groups is 1. The Kier molecular flexibility index (Phi) is 2.66. The molecule has 3 heteroatoms. The third-order valence-electron chi connectivity index (χ3n) is 1.68. The predicted molar refractivity (Wildman–Crippen MR) is 55.0 cm³/mol. The number of nitrogens with zero attached hydrogens (tertiary/aromatic N) is 1. The average Bonchev–Trinajstić information content (AvgIpc) is 2.04. The molecule has 0 aliphatic rings. The standard InChI is InChI=1S/C10H15N3/c1-10(2,3)9(11)13-8-5-4-6-12-7-8/h4-7H,1-3H3,(H2,11,13). The highest BCUT2D eigenvalue weighted by molar-refractivity contribution is 5.96. The van der Waals surface area contributed by atoms with Crippen LogP contribution >= 0.6 is 0 Å². The van der Waals surface area contributed by atoms with Crippen molar-refractivity contribution in [1.82, 2.24) is 4.98 Å². The average molecular weight is 177 g/mol. The molecule has 0 aliphatic carbocycles. The molecular formula is C10H15N3. The van der Waals surface area contributed by atoms with Gasteiger partial charge in [0.15, 0.2) is 0 Å². The van der Waals surface area contributed by atoms with Crippen LogP contribution in [0.1, 0.15) is 20.8 Å². The van der Waals surface area contributed by atoms with Crippen LogP contribution in [0.5, 0.6) is 0 Å². The lowest BCUT2D eigenvalue weighted by molar-refractivity contribution is 0.586. The fraction of sp³-hybridized carbons (Fsp3) is 0.400. The van der Waals surface area contributed by atoms with Crippen molar-refractivity contribution >= 4 is 11.5 Å². The summed E-state index contributed by atoms with van der Waals surface area (Å²) < 4.78 is 0. The molecule has 0 spiro atoms. The van der Waals surface area contributed by atoms with Gasteiger partial charge in [-0.2, -0.15) is 0 Å². The minimum atomic E-state index is -0.143. The monoisotopic (exact) mass is 177 g/mol. The second-order valence-corrected chi connectivity index (χ2v) is 3.99. The van der Waals surface area contributed by atoms with E-state index in [4.69, 9.17) is 5.41 Å². The van der Waals surface area contributed by atoms with Crippen LogP contribution in [0.15, 0.2) is 24.5 Å². The number of nitrogens with one attached hydrogen (secondary N) is 2. The van der Waals surface area contributed by atoms with E-state index in [9.17, 15) is 0 Å². The minimum absolute atomic E-state index is 0.143. The molecule has 0 aliphatic heterocycles. The third-order valence-corrected chi connectivity index (χ3v) is 1.68. The van der Waals surface area contributed by atoms with Gasteiger partial charge in [-0.05, 0) is 12.1 Å². The molecule has 0 fully saturated rings. The first-order chi connectivity index (χ1) is 6.00. The van der Waals surface area contributed by atoms with Gasteiger partial charge in [-0.3, -0.25) is 10.4 Å². The van der Waals surface area contributed by atoms with Gasteiger partial charge in [0.05, 0.1) is 11.9 Å². The van der Waals surface area contributed by atoms with E-state index in [1.54, 1.807) is 12.4 Å². The molecule has 0 atom stereocenters. The maximum atomic E-state index is 7.74. The van der Waals surface area contributed by atoms with Gasteiger partial charge in [0.2, 0.25) is 0 Å². The summed E-state index contributed by atoms with van der Waals surface area (Å²) in [4.78, 5) is 3.96. The van der Waals surface area contributed by atoms with Gasteiger partial charge in [0, 0.05) is 11.6 Å². The Bertz CT molecular complexity index is 285. The lowest BCUT2D eigenvalue weighted by Gasteiger charge is -2.20. The molecule has 1 aromatic rings. The van der Waals surface area contributed by atoms with Crippen molar-refractivity contribution in [2.24, 2.45) is 5.41 Å². The number of hydrogen-bond donors (Lipinski definition) is 2. The van der Waals surface area contributed by atoms with Crippen molar-refractivity contribution in [3.63, 3.8) is 0 Å². The maximum absolute atomic E-state index is 7.74. The van der Waals surface area contributed by atoms with Crippen molar-refractivity contribution in [2.75, 3.05) is 5.32 Å². The molecule has 0 aromatic carbocycles. The lowest BCUT2D eigenvalue weighted by atomic mass is 9.95. The first-order valence-corrected chi connectivity index (χ1v) is 4.26. The Balaban J connectivity index is 2.66. The van der Waals surface area contributed by atoms with Gasteiger partial charge < -0.3 is 5.32 Å². The molecule has 1 aromatic heterocycles. The topological polar surface area (TPSA) is 48.8 Å². The second-order valence-electron chi connectivity index (χ2n) is 3.99. The summed E-state index contributed by atoms with van der Waals surface area (Å²) in [6.07, 6.45) is 3.42. The van der Waals surface area contributed by atoms with Crippen molar-refractivity contribution < 1.29 is 0 Å². The van der Waals surface area contributed by atoms with Gasteiger partial charge in [-0.15, -0.1) is 0 Å². The summed E-state index contributed by atoms with van der Waals surface area (Å²) in [7, 11) is 0. The Hall–Kier alpha value is -1.38. The maximum Gasteiger partial charge on any atom is 0.103 e. The van der Waals surface area contributed by atoms with E-state index >= 15 is 0 Å². The zero-order valence-electron chi connectivity index (χ0n) is 8.26. The highest BCUT2D eigenvalue weighted by Crippen LogP contribution is 2.16. The Morgan fingerprint density at radius 2 is 2.15 bits per heavy atom. The van der Waals surface area contributed by atoms with Crippen LogP contribution in [0.2, 0.25) is 0 Å². The molecule has 0 saturated heterocycles. The largest absolute Gasteiger partial charge is 0.343 e. The summed E-state index contributed by atoms with van der Waals surface area (Å²) in [5.74, 6) is 0.500. The highest BCUT2D eigenvalue weighted by atomic mass is 15.0. The SMILES string of the molecule is CC(C)(C)C(=N)Nc1cccnc1. The summed E-state index contributed by atoms with van der Waals surface area (Å²) in [6.45, 7) is 6.00. The quantitative estimate of drug-likeness (QED) is 0.511. The van der Waals surface area contributed by atoms with Crippen molar-refractivity contribution in [1.29, 1.82) is 5.41 Å². The van der Waals surface area contributed by atoms with Crippen LogP contribution < -0.4 is 5.32 Å². The van der Waals surface area contributed by atoms with E-state index in [1.165, 1.54) is 0 Å². The first kappa shape index (κ1) is 9.71. The minimum Gasteiger partial charge on any atom is -0.343 e. The van der Waals surface area contributed by atoms with Gasteiger partial charge >= 0.3 is 0 Å². The molecule has 0 radical (unpaired) electrons. The first-order valence-electron chi connectivity index (χ1n) is 4.26. The molecule has 70 valence electrons. The van der Waals surface area contributed by atoms with Gasteiger partial charge in [0.25, 0.3) is 0 Å². The van der Waals surface area contributed by atoms with Crippen molar-refractivity contribution in [3.05, 3.63) is 24.5 Å². The van der Waals surface area contributed by atoms with Crippen LogP contribution in [0.3, 0.4) is 0 Å². The molecule has 1 heterocycles. The predicted octanol–water partition coefficient (Wildman–Crippen LogP) is 2.52. The van der Waals surface area contributed by atoms with Gasteiger partial charge in [0.1, 0.15) is 5.84 Å². The van der Waals surface area contributed by atoms with Crippen LogP contribution in [0.4, 0.5) is 5.69 Å². The summed E-state index contributed by atoms with van der Waals surface area (Å²) in [5.41, 5.74) is 0.720. The van der Waals surface area contributed by atoms with E-state index in [0.717, 1.165) is 5.69 Å². The molecule has 0 amide bonds. The molecule has 1 rings (SSSR count). The summed E-state index contributed by atoms with van der Waals surface area (Å²) in [6, 6.07) is 3.74. The molecule has 0 saturated carbocycles. The second kappa shape index (κ2) is 3.56. The summed E-state index contributed by atoms with van der Waals surface area (Å²) in [5, 5.41) is 10.7. The van der Waals surface area contributed by atoms with Crippen LogP contribution in [-0.2, 0) is 0 Å². The van der Waals surface area contributed by atoms with E-state index in [0.29, 0.717) is 5.84 Å². The normalized spacial score (nSPS) is 11.0. The zero-order chi connectivity index (χ0) is 9.90. The highest BCUT2D eigenvalue weighted by Gasteiger charge is 2.16. The van der Waals surface area contributed by atoms with E-state index < -0.39 is 0 Å². The summed E-state index contributed by atoms with van der Waals surface area (Å²) >= 11 is 0. The van der Waals surface area contributed by atoms with Crippen molar-refractivity contribution in [2.45, 2.75) is 20.8 Å². The number of pyridine rings is 1. The molecule has 0 bridgehead atoms. The molecule has 0 unspecified atom stereocenters. The smallest absolute Gasteiger partial charge is 0.103 e. The van der Waals surface area contributed by atoms with Gasteiger partial charge in [-0.25, -0.2) is 0 Å². The fourth-order valence-electron chi connectivity index (χ4n) is 0.769. The number of rotatable bonds is 1. The molecule has 3 nitrogen and oxygen atoms in total. The van der Waals surface area contributed by atoms with E-state index in [1.807, 2.05) is 32.9 Å².